The summed E-state index contributed by atoms with van der Waals surface area (Å²) < 4.78 is 2.11. The Bertz CT molecular complexity index is 1180. The first-order chi connectivity index (χ1) is 13.6. The van der Waals surface area contributed by atoms with Crippen molar-refractivity contribution in [3.63, 3.8) is 0 Å². The van der Waals surface area contributed by atoms with Crippen LogP contribution in [0.4, 0.5) is 5.69 Å². The number of para-hydroxylation sites is 1. The first-order valence-electron chi connectivity index (χ1n) is 8.91. The van der Waals surface area contributed by atoms with Crippen molar-refractivity contribution in [3.8, 4) is 0 Å². The van der Waals surface area contributed by atoms with E-state index in [1.807, 2.05) is 25.1 Å². The zero-order chi connectivity index (χ0) is 19.7. The van der Waals surface area contributed by atoms with Crippen LogP contribution in [0.2, 0.25) is 5.02 Å². The van der Waals surface area contributed by atoms with Gasteiger partial charge in [-0.15, -0.1) is 10.2 Å². The highest BCUT2D eigenvalue weighted by atomic mass is 35.5. The molecule has 4 rings (SSSR count). The fourth-order valence-corrected chi connectivity index (χ4v) is 3.98. The van der Waals surface area contributed by atoms with E-state index >= 15 is 0 Å². The minimum Gasteiger partial charge on any atom is -0.325 e. The van der Waals surface area contributed by atoms with Gasteiger partial charge < -0.3 is 9.88 Å². The molecule has 0 radical (unpaired) electrons. The minimum absolute atomic E-state index is 0.146. The van der Waals surface area contributed by atoms with Crippen LogP contribution in [0.15, 0.2) is 53.7 Å². The second-order valence-electron chi connectivity index (χ2n) is 6.29. The summed E-state index contributed by atoms with van der Waals surface area (Å²) in [6.45, 7) is 4.66. The topological polar surface area (TPSA) is 72.7 Å². The van der Waals surface area contributed by atoms with E-state index in [0.717, 1.165) is 28.6 Å². The third kappa shape index (κ3) is 3.55. The van der Waals surface area contributed by atoms with E-state index in [1.54, 1.807) is 24.3 Å². The number of nitrogens with zero attached hydrogens (tertiary/aromatic N) is 4. The number of anilines is 1. The van der Waals surface area contributed by atoms with Crippen molar-refractivity contribution in [3.05, 3.63) is 53.6 Å². The molecule has 1 atom stereocenters. The maximum absolute atomic E-state index is 12.5. The predicted molar refractivity (Wildman–Crippen MR) is 114 cm³/mol. The van der Waals surface area contributed by atoms with Gasteiger partial charge in [0.15, 0.2) is 5.65 Å². The molecule has 0 saturated carbocycles. The molecule has 0 bridgehead atoms. The van der Waals surface area contributed by atoms with Crippen molar-refractivity contribution in [2.24, 2.45) is 0 Å². The van der Waals surface area contributed by atoms with E-state index in [0.29, 0.717) is 15.9 Å². The Balaban J connectivity index is 1.59. The molecule has 2 aromatic heterocycles. The normalized spacial score (nSPS) is 12.4. The molecule has 0 unspecified atom stereocenters. The lowest BCUT2D eigenvalue weighted by Gasteiger charge is -2.11. The van der Waals surface area contributed by atoms with Crippen molar-refractivity contribution >= 4 is 57.0 Å². The molecule has 0 saturated heterocycles. The number of hydrogen-bond acceptors (Lipinski definition) is 5. The van der Waals surface area contributed by atoms with Crippen molar-refractivity contribution in [1.82, 2.24) is 19.7 Å². The van der Waals surface area contributed by atoms with Crippen LogP contribution in [-0.4, -0.2) is 30.9 Å². The fourth-order valence-electron chi connectivity index (χ4n) is 3.08. The van der Waals surface area contributed by atoms with Gasteiger partial charge in [0.05, 0.1) is 10.8 Å². The van der Waals surface area contributed by atoms with E-state index < -0.39 is 5.25 Å². The highest BCUT2D eigenvalue weighted by Gasteiger charge is 2.19. The highest BCUT2D eigenvalue weighted by molar-refractivity contribution is 8.00. The molecule has 0 aliphatic rings. The number of aromatic nitrogens is 4. The summed E-state index contributed by atoms with van der Waals surface area (Å²) in [4.78, 5) is 17.2. The van der Waals surface area contributed by atoms with E-state index in [2.05, 4.69) is 38.1 Å². The molecule has 0 aliphatic heterocycles. The van der Waals surface area contributed by atoms with Gasteiger partial charge in [0, 0.05) is 22.6 Å². The largest absolute Gasteiger partial charge is 0.325 e. The zero-order valence-corrected chi connectivity index (χ0v) is 17.0. The number of fused-ring (bicyclic) bond motifs is 3. The van der Waals surface area contributed by atoms with Gasteiger partial charge in [0.2, 0.25) is 11.1 Å². The molecule has 8 heteroatoms. The van der Waals surface area contributed by atoms with Crippen molar-refractivity contribution < 1.29 is 4.79 Å². The Hall–Kier alpha value is -2.64. The smallest absolute Gasteiger partial charge is 0.237 e. The average Bonchev–Trinajstić information content (AvgIpc) is 3.00. The van der Waals surface area contributed by atoms with Crippen LogP contribution in [0.25, 0.3) is 22.1 Å². The molecule has 142 valence electrons. The van der Waals surface area contributed by atoms with Gasteiger partial charge >= 0.3 is 0 Å². The fraction of sp³-hybridized carbons (Fsp3) is 0.200. The van der Waals surface area contributed by atoms with Gasteiger partial charge in [-0.1, -0.05) is 47.6 Å². The summed E-state index contributed by atoms with van der Waals surface area (Å²) in [5, 5.41) is 13.2. The number of carbonyl (C=O) groups excluding carboxylic acids is 1. The average molecular weight is 412 g/mol. The maximum Gasteiger partial charge on any atom is 0.237 e. The number of carbonyl (C=O) groups is 1. The standard InChI is InChI=1S/C20H18ClN5OS/c1-3-26-16-10-5-4-9-15(16)17-18(26)23-20(25-24-17)28-12(2)19(27)22-14-8-6-7-13(21)11-14/h4-12H,3H2,1-2H3,(H,22,27)/t12-/m0/s1. The second-order valence-corrected chi connectivity index (χ2v) is 8.03. The lowest BCUT2D eigenvalue weighted by molar-refractivity contribution is -0.115. The molecule has 1 amide bonds. The lowest BCUT2D eigenvalue weighted by Crippen LogP contribution is -2.22. The molecule has 6 nitrogen and oxygen atoms in total. The summed E-state index contributed by atoms with van der Waals surface area (Å²) >= 11 is 7.24. The summed E-state index contributed by atoms with van der Waals surface area (Å²) in [7, 11) is 0. The third-order valence-electron chi connectivity index (χ3n) is 4.41. The number of halogens is 1. The summed E-state index contributed by atoms with van der Waals surface area (Å²) in [5.74, 6) is -0.146. The molecule has 0 spiro atoms. The van der Waals surface area contributed by atoms with E-state index in [1.165, 1.54) is 11.8 Å². The molecule has 0 fully saturated rings. The predicted octanol–water partition coefficient (Wildman–Crippen LogP) is 4.77. The molecule has 4 aromatic rings. The van der Waals surface area contributed by atoms with Gasteiger partial charge in [0.1, 0.15) is 5.52 Å². The van der Waals surface area contributed by atoms with Crippen LogP contribution in [-0.2, 0) is 11.3 Å². The van der Waals surface area contributed by atoms with Crippen molar-refractivity contribution in [1.29, 1.82) is 0 Å². The van der Waals surface area contributed by atoms with Crippen LogP contribution in [0, 0.1) is 0 Å². The van der Waals surface area contributed by atoms with Gasteiger partial charge in [-0.25, -0.2) is 4.98 Å². The summed E-state index contributed by atoms with van der Waals surface area (Å²) in [6, 6.07) is 15.1. The Morgan fingerprint density at radius 1 is 1.21 bits per heavy atom. The first-order valence-corrected chi connectivity index (χ1v) is 10.2. The third-order valence-corrected chi connectivity index (χ3v) is 5.60. The van der Waals surface area contributed by atoms with Gasteiger partial charge in [-0.3, -0.25) is 4.79 Å². The van der Waals surface area contributed by atoms with E-state index in [4.69, 9.17) is 11.6 Å². The zero-order valence-electron chi connectivity index (χ0n) is 15.4. The number of nitrogens with one attached hydrogen (secondary N) is 1. The number of benzene rings is 2. The van der Waals surface area contributed by atoms with Crippen LogP contribution >= 0.6 is 23.4 Å². The monoisotopic (exact) mass is 411 g/mol. The lowest BCUT2D eigenvalue weighted by atomic mass is 10.2. The van der Waals surface area contributed by atoms with Crippen molar-refractivity contribution in [2.75, 3.05) is 5.32 Å². The van der Waals surface area contributed by atoms with Crippen molar-refractivity contribution in [2.45, 2.75) is 30.8 Å². The molecular formula is C20H18ClN5OS. The highest BCUT2D eigenvalue weighted by Crippen LogP contribution is 2.28. The van der Waals surface area contributed by atoms with Gasteiger partial charge in [-0.2, -0.15) is 0 Å². The molecule has 28 heavy (non-hydrogen) atoms. The summed E-state index contributed by atoms with van der Waals surface area (Å²) in [6.07, 6.45) is 0. The minimum atomic E-state index is -0.391. The Morgan fingerprint density at radius 3 is 2.82 bits per heavy atom. The number of hydrogen-bond donors (Lipinski definition) is 1. The van der Waals surface area contributed by atoms with E-state index in [-0.39, 0.29) is 5.91 Å². The van der Waals surface area contributed by atoms with E-state index in [9.17, 15) is 4.79 Å². The first kappa shape index (κ1) is 18.7. The van der Waals surface area contributed by atoms with Gasteiger partial charge in [-0.05, 0) is 38.1 Å². The number of amides is 1. The number of thioether (sulfide) groups is 1. The quantitative estimate of drug-likeness (QED) is 0.479. The maximum atomic E-state index is 12.5. The van der Waals surface area contributed by atoms with Crippen LogP contribution < -0.4 is 5.32 Å². The van der Waals surface area contributed by atoms with Gasteiger partial charge in [0.25, 0.3) is 0 Å². The molecular weight excluding hydrogens is 394 g/mol. The molecule has 2 aromatic carbocycles. The second kappa shape index (κ2) is 7.77. The SMILES string of the molecule is CCn1c2ccccc2c2nnc(S[C@@H](C)C(=O)Nc3cccc(Cl)c3)nc21. The Morgan fingerprint density at radius 2 is 2.04 bits per heavy atom. The number of aryl methyl sites for hydroxylation is 1. The molecule has 2 heterocycles. The molecule has 1 N–H and O–H groups in total. The Kier molecular flexibility index (Phi) is 5.19. The molecule has 0 aliphatic carbocycles. The number of rotatable bonds is 5. The Labute approximate surface area is 171 Å². The summed E-state index contributed by atoms with van der Waals surface area (Å²) in [5.41, 5.74) is 3.29. The van der Waals surface area contributed by atoms with Crippen LogP contribution in [0.5, 0.6) is 0 Å². The van der Waals surface area contributed by atoms with Crippen LogP contribution in [0.3, 0.4) is 0 Å². The van der Waals surface area contributed by atoms with Crippen LogP contribution in [0.1, 0.15) is 13.8 Å².